The fraction of sp³-hybridized carbons (Fsp3) is 0.289. The summed E-state index contributed by atoms with van der Waals surface area (Å²) in [5, 5.41) is 18.1. The molecule has 5 rings (SSSR count). The number of fused-ring (bicyclic) bond motifs is 3. The van der Waals surface area contributed by atoms with E-state index in [4.69, 9.17) is 16.3 Å². The molecule has 49 heavy (non-hydrogen) atoms. The minimum atomic E-state index is -0.975. The van der Waals surface area contributed by atoms with E-state index >= 15 is 0 Å². The molecule has 4 aromatic rings. The Morgan fingerprint density at radius 1 is 0.918 bits per heavy atom. The number of rotatable bonds is 13. The van der Waals surface area contributed by atoms with E-state index in [0.29, 0.717) is 18.0 Å². The Balaban J connectivity index is 1.38. The third-order valence-corrected chi connectivity index (χ3v) is 8.73. The summed E-state index contributed by atoms with van der Waals surface area (Å²) < 4.78 is 5.77. The molecule has 0 fully saturated rings. The lowest BCUT2D eigenvalue weighted by atomic mass is 9.98. The maximum Gasteiger partial charge on any atom is 0.407 e. The first kappa shape index (κ1) is 35.1. The molecule has 0 saturated heterocycles. The largest absolute Gasteiger partial charge is 0.449 e. The van der Waals surface area contributed by atoms with Gasteiger partial charge in [0.15, 0.2) is 0 Å². The second-order valence-electron chi connectivity index (χ2n) is 12.4. The van der Waals surface area contributed by atoms with Crippen molar-refractivity contribution in [2.45, 2.75) is 52.2 Å². The summed E-state index contributed by atoms with van der Waals surface area (Å²) in [5.74, 6) is -0.998. The number of nitro groups is 1. The van der Waals surface area contributed by atoms with Gasteiger partial charge in [-0.1, -0.05) is 86.1 Å². The summed E-state index contributed by atoms with van der Waals surface area (Å²) >= 11 is 6.11. The van der Waals surface area contributed by atoms with Crippen molar-refractivity contribution in [3.63, 3.8) is 0 Å². The zero-order valence-corrected chi connectivity index (χ0v) is 28.4. The fourth-order valence-corrected chi connectivity index (χ4v) is 6.32. The highest BCUT2D eigenvalue weighted by Crippen LogP contribution is 2.44. The molecule has 0 aromatic heterocycles. The lowest BCUT2D eigenvalue weighted by molar-refractivity contribution is -0.385. The number of carbonyl (C=O) groups excluding carboxylic acids is 3. The Morgan fingerprint density at radius 3 is 2.14 bits per heavy atom. The number of carbonyl (C=O) groups is 3. The van der Waals surface area contributed by atoms with Crippen molar-refractivity contribution in [3.8, 4) is 11.1 Å². The molecule has 0 spiro atoms. The summed E-state index contributed by atoms with van der Waals surface area (Å²) in [6.45, 7) is 6.03. The van der Waals surface area contributed by atoms with Crippen molar-refractivity contribution in [1.82, 2.24) is 15.5 Å². The van der Waals surface area contributed by atoms with Gasteiger partial charge >= 0.3 is 6.09 Å². The standard InChI is InChI=1S/C38H39ClN4O6/c1-4-40-36(44)26-15-16-27(35(20-26)43(47)48)22-42(21-25-13-17-28(39)18-14-25)37(45)34(19-24(2)3)41-38(46)49-23-33-31-11-7-5-9-29(31)30-10-6-8-12-32(30)33/h5-18,20,24,33-34H,4,19,21-23H2,1-3H3,(H,40,44)(H,41,46). The van der Waals surface area contributed by atoms with Crippen molar-refractivity contribution in [1.29, 1.82) is 0 Å². The Labute approximate surface area is 290 Å². The van der Waals surface area contributed by atoms with Crippen molar-refractivity contribution in [2.24, 2.45) is 5.92 Å². The first-order valence-corrected chi connectivity index (χ1v) is 16.6. The molecule has 0 aliphatic heterocycles. The Hall–Kier alpha value is -5.22. The third-order valence-electron chi connectivity index (χ3n) is 8.48. The predicted octanol–water partition coefficient (Wildman–Crippen LogP) is 7.48. The highest BCUT2D eigenvalue weighted by atomic mass is 35.5. The molecular weight excluding hydrogens is 644 g/mol. The van der Waals surface area contributed by atoms with Crippen molar-refractivity contribution in [2.75, 3.05) is 13.2 Å². The first-order valence-electron chi connectivity index (χ1n) is 16.3. The van der Waals surface area contributed by atoms with Crippen LogP contribution < -0.4 is 10.6 Å². The van der Waals surface area contributed by atoms with Crippen LogP contribution in [0.15, 0.2) is 91.0 Å². The Morgan fingerprint density at radius 2 is 1.55 bits per heavy atom. The van der Waals surface area contributed by atoms with Gasteiger partial charge in [-0.2, -0.15) is 0 Å². The second kappa shape index (κ2) is 15.8. The van der Waals surface area contributed by atoms with Gasteiger partial charge in [-0.05, 0) is 71.3 Å². The van der Waals surface area contributed by atoms with Crippen molar-refractivity contribution < 1.29 is 24.0 Å². The molecule has 11 heteroatoms. The van der Waals surface area contributed by atoms with Crippen LogP contribution in [0.4, 0.5) is 10.5 Å². The number of nitrogens with one attached hydrogen (secondary N) is 2. The van der Waals surface area contributed by atoms with Crippen LogP contribution in [0.1, 0.15) is 65.7 Å². The molecule has 0 saturated carbocycles. The van der Waals surface area contributed by atoms with E-state index in [1.165, 1.54) is 23.1 Å². The average molecular weight is 683 g/mol. The maximum atomic E-state index is 14.3. The topological polar surface area (TPSA) is 131 Å². The molecule has 254 valence electrons. The SMILES string of the molecule is CCNC(=O)c1ccc(CN(Cc2ccc(Cl)cc2)C(=O)C(CC(C)C)NC(=O)OCC2c3ccccc3-c3ccccc32)c([N+](=O)[O-])c1. The number of nitrogens with zero attached hydrogens (tertiary/aromatic N) is 2. The van der Waals surface area contributed by atoms with E-state index in [1.54, 1.807) is 31.2 Å². The Kier molecular flexibility index (Phi) is 11.3. The number of ether oxygens (including phenoxy) is 1. The van der Waals surface area contributed by atoms with Crippen LogP contribution in [0, 0.1) is 16.0 Å². The number of amides is 3. The average Bonchev–Trinajstić information content (AvgIpc) is 3.40. The second-order valence-corrected chi connectivity index (χ2v) is 12.9. The highest BCUT2D eigenvalue weighted by Gasteiger charge is 2.32. The van der Waals surface area contributed by atoms with E-state index < -0.39 is 28.9 Å². The van der Waals surface area contributed by atoms with Crippen LogP contribution in [0.5, 0.6) is 0 Å². The minimum Gasteiger partial charge on any atom is -0.449 e. The van der Waals surface area contributed by atoms with Crippen LogP contribution in [-0.4, -0.2) is 46.9 Å². The lowest BCUT2D eigenvalue weighted by Crippen LogP contribution is -2.49. The zero-order chi connectivity index (χ0) is 35.1. The molecule has 1 atom stereocenters. The number of hydrogen-bond acceptors (Lipinski definition) is 6. The van der Waals surface area contributed by atoms with E-state index in [-0.39, 0.29) is 48.3 Å². The zero-order valence-electron chi connectivity index (χ0n) is 27.6. The van der Waals surface area contributed by atoms with Crippen molar-refractivity contribution in [3.05, 3.63) is 134 Å². The molecule has 4 aromatic carbocycles. The van der Waals surface area contributed by atoms with Crippen LogP contribution in [0.2, 0.25) is 5.02 Å². The summed E-state index contributed by atoms with van der Waals surface area (Å²) in [5.41, 5.74) is 5.18. The molecule has 1 aliphatic carbocycles. The van der Waals surface area contributed by atoms with Gasteiger partial charge in [-0.3, -0.25) is 19.7 Å². The summed E-state index contributed by atoms with van der Waals surface area (Å²) in [6, 6.07) is 26.2. The van der Waals surface area contributed by atoms with Crippen LogP contribution in [-0.2, 0) is 22.6 Å². The number of alkyl carbamates (subject to hydrolysis) is 1. The van der Waals surface area contributed by atoms with Gasteiger partial charge in [0.2, 0.25) is 5.91 Å². The lowest BCUT2D eigenvalue weighted by Gasteiger charge is -2.29. The van der Waals surface area contributed by atoms with Crippen LogP contribution in [0.3, 0.4) is 0 Å². The molecule has 2 N–H and O–H groups in total. The van der Waals surface area contributed by atoms with E-state index in [1.807, 2.05) is 50.2 Å². The molecule has 1 aliphatic rings. The molecule has 0 bridgehead atoms. The normalized spacial score (nSPS) is 12.5. The molecule has 0 radical (unpaired) electrons. The number of halogens is 1. The Bertz CT molecular complexity index is 1800. The van der Waals surface area contributed by atoms with Crippen LogP contribution >= 0.6 is 11.6 Å². The van der Waals surface area contributed by atoms with Gasteiger partial charge in [-0.15, -0.1) is 0 Å². The quantitative estimate of drug-likeness (QED) is 0.111. The minimum absolute atomic E-state index is 0.0194. The van der Waals surface area contributed by atoms with Gasteiger partial charge in [-0.25, -0.2) is 4.79 Å². The summed E-state index contributed by atoms with van der Waals surface area (Å²) in [6.07, 6.45) is -0.428. The third kappa shape index (κ3) is 8.45. The highest BCUT2D eigenvalue weighted by molar-refractivity contribution is 6.30. The molecular formula is C38H39ClN4O6. The van der Waals surface area contributed by atoms with Gasteiger partial charge in [0.25, 0.3) is 11.6 Å². The molecule has 10 nitrogen and oxygen atoms in total. The van der Waals surface area contributed by atoms with E-state index in [2.05, 4.69) is 22.8 Å². The van der Waals surface area contributed by atoms with Gasteiger partial charge in [0, 0.05) is 41.2 Å². The number of hydrogen-bond donors (Lipinski definition) is 2. The monoisotopic (exact) mass is 682 g/mol. The number of benzene rings is 4. The van der Waals surface area contributed by atoms with Crippen LogP contribution in [0.25, 0.3) is 11.1 Å². The molecule has 1 unspecified atom stereocenters. The molecule has 0 heterocycles. The summed E-state index contributed by atoms with van der Waals surface area (Å²) in [4.78, 5) is 53.1. The van der Waals surface area contributed by atoms with Gasteiger partial charge < -0.3 is 20.3 Å². The van der Waals surface area contributed by atoms with Gasteiger partial charge in [0.1, 0.15) is 12.6 Å². The smallest absolute Gasteiger partial charge is 0.407 e. The van der Waals surface area contributed by atoms with Crippen molar-refractivity contribution >= 4 is 35.2 Å². The van der Waals surface area contributed by atoms with E-state index in [0.717, 1.165) is 27.8 Å². The fourth-order valence-electron chi connectivity index (χ4n) is 6.19. The van der Waals surface area contributed by atoms with E-state index in [9.17, 15) is 24.5 Å². The maximum absolute atomic E-state index is 14.3. The predicted molar refractivity (Wildman–Crippen MR) is 188 cm³/mol. The first-order chi connectivity index (χ1) is 23.5. The van der Waals surface area contributed by atoms with Gasteiger partial charge in [0.05, 0.1) is 11.5 Å². The number of nitro benzene ring substituents is 1. The molecule has 3 amide bonds. The summed E-state index contributed by atoms with van der Waals surface area (Å²) in [7, 11) is 0.